The molecule has 1 aromatic rings. The van der Waals surface area contributed by atoms with Gasteiger partial charge >= 0.3 is 5.97 Å². The van der Waals surface area contributed by atoms with Crippen molar-refractivity contribution in [3.05, 3.63) is 18.3 Å². The number of pyridine rings is 1. The summed E-state index contributed by atoms with van der Waals surface area (Å²) in [6, 6.07) is 3.03. The van der Waals surface area contributed by atoms with Crippen LogP contribution in [-0.2, 0) is 19.6 Å². The van der Waals surface area contributed by atoms with Crippen LogP contribution >= 0.6 is 0 Å². The van der Waals surface area contributed by atoms with Gasteiger partial charge in [0.2, 0.25) is 10.0 Å². The molecule has 8 heteroatoms. The number of ether oxygens (including phenoxy) is 1. The minimum Gasteiger partial charge on any atom is -0.466 e. The number of carbonyl (C=O) groups excluding carboxylic acids is 1. The molecule has 0 radical (unpaired) electrons. The van der Waals surface area contributed by atoms with Crippen LogP contribution in [0.15, 0.2) is 23.2 Å². The molecule has 1 unspecified atom stereocenters. The molecule has 21 heavy (non-hydrogen) atoms. The van der Waals surface area contributed by atoms with E-state index in [-0.39, 0.29) is 16.8 Å². The summed E-state index contributed by atoms with van der Waals surface area (Å²) in [5.74, 6) is 0.276. The average Bonchev–Trinajstić information content (AvgIpc) is 2.47. The number of primary sulfonamides is 1. The fraction of sp³-hybridized carbons (Fsp3) is 0.538. The number of hydrogen-bond donors (Lipinski definition) is 1. The zero-order valence-corrected chi connectivity index (χ0v) is 12.7. The number of nitrogens with zero attached hydrogens (tertiary/aromatic N) is 2. The quantitative estimate of drug-likeness (QED) is 0.812. The van der Waals surface area contributed by atoms with E-state index in [9.17, 15) is 13.2 Å². The highest BCUT2D eigenvalue weighted by molar-refractivity contribution is 7.89. The number of piperidine rings is 1. The lowest BCUT2D eigenvalue weighted by atomic mass is 9.98. The van der Waals surface area contributed by atoms with Crippen molar-refractivity contribution in [3.63, 3.8) is 0 Å². The Bertz CT molecular complexity index is 600. The maximum atomic E-state index is 11.8. The number of nitrogens with two attached hydrogens (primary N) is 1. The van der Waals surface area contributed by atoms with Gasteiger partial charge in [-0.3, -0.25) is 4.79 Å². The van der Waals surface area contributed by atoms with E-state index in [2.05, 4.69) is 4.98 Å². The van der Waals surface area contributed by atoms with Crippen LogP contribution in [0.5, 0.6) is 0 Å². The number of aromatic nitrogens is 1. The van der Waals surface area contributed by atoms with E-state index >= 15 is 0 Å². The molecule has 2 rings (SSSR count). The zero-order chi connectivity index (χ0) is 15.5. The van der Waals surface area contributed by atoms with Crippen LogP contribution in [-0.4, -0.2) is 39.1 Å². The van der Waals surface area contributed by atoms with Gasteiger partial charge in [-0.25, -0.2) is 18.5 Å². The van der Waals surface area contributed by atoms with Crippen molar-refractivity contribution in [2.75, 3.05) is 24.6 Å². The summed E-state index contributed by atoms with van der Waals surface area (Å²) in [4.78, 5) is 17.9. The molecule has 0 saturated carbocycles. The lowest BCUT2D eigenvalue weighted by molar-refractivity contribution is -0.148. The highest BCUT2D eigenvalue weighted by Crippen LogP contribution is 2.23. The van der Waals surface area contributed by atoms with Crippen molar-refractivity contribution in [1.82, 2.24) is 4.98 Å². The van der Waals surface area contributed by atoms with E-state index < -0.39 is 10.0 Å². The monoisotopic (exact) mass is 313 g/mol. The first-order chi connectivity index (χ1) is 9.91. The number of rotatable bonds is 4. The Hall–Kier alpha value is -1.67. The van der Waals surface area contributed by atoms with Crippen LogP contribution in [0.2, 0.25) is 0 Å². The van der Waals surface area contributed by atoms with E-state index in [1.165, 1.54) is 12.3 Å². The van der Waals surface area contributed by atoms with E-state index in [0.717, 1.165) is 19.4 Å². The Morgan fingerprint density at radius 1 is 1.52 bits per heavy atom. The van der Waals surface area contributed by atoms with Crippen molar-refractivity contribution >= 4 is 21.8 Å². The van der Waals surface area contributed by atoms with Gasteiger partial charge < -0.3 is 9.64 Å². The smallest absolute Gasteiger partial charge is 0.310 e. The third kappa shape index (κ3) is 3.92. The molecule has 1 atom stereocenters. The van der Waals surface area contributed by atoms with Crippen LogP contribution in [0, 0.1) is 5.92 Å². The SMILES string of the molecule is CCOC(=O)C1CCCN(c2ccc(S(N)(=O)=O)cn2)C1. The van der Waals surface area contributed by atoms with E-state index in [1.807, 2.05) is 4.90 Å². The van der Waals surface area contributed by atoms with Gasteiger partial charge in [-0.05, 0) is 31.9 Å². The highest BCUT2D eigenvalue weighted by Gasteiger charge is 2.27. The van der Waals surface area contributed by atoms with Gasteiger partial charge in [0.1, 0.15) is 10.7 Å². The molecule has 0 aliphatic carbocycles. The van der Waals surface area contributed by atoms with E-state index in [1.54, 1.807) is 13.0 Å². The van der Waals surface area contributed by atoms with Gasteiger partial charge in [0.05, 0.1) is 12.5 Å². The van der Waals surface area contributed by atoms with Crippen LogP contribution in [0.25, 0.3) is 0 Å². The minimum atomic E-state index is -3.74. The summed E-state index contributed by atoms with van der Waals surface area (Å²) >= 11 is 0. The first kappa shape index (κ1) is 15.7. The molecule has 0 aromatic carbocycles. The van der Waals surface area contributed by atoms with Gasteiger partial charge in [0.25, 0.3) is 0 Å². The summed E-state index contributed by atoms with van der Waals surface area (Å²) in [5, 5.41) is 5.04. The molecule has 2 N–H and O–H groups in total. The van der Waals surface area contributed by atoms with Gasteiger partial charge in [-0.15, -0.1) is 0 Å². The van der Waals surface area contributed by atoms with Crippen LogP contribution in [0.4, 0.5) is 5.82 Å². The Morgan fingerprint density at radius 2 is 2.29 bits per heavy atom. The standard InChI is InChI=1S/C13H19N3O4S/c1-2-20-13(17)10-4-3-7-16(9-10)12-6-5-11(8-15-12)21(14,18)19/h5-6,8,10H,2-4,7,9H2,1H3,(H2,14,18,19). The molecule has 1 aromatic heterocycles. The van der Waals surface area contributed by atoms with Gasteiger partial charge in [0.15, 0.2) is 0 Å². The highest BCUT2D eigenvalue weighted by atomic mass is 32.2. The topological polar surface area (TPSA) is 103 Å². The average molecular weight is 313 g/mol. The second-order valence-electron chi connectivity index (χ2n) is 4.93. The van der Waals surface area contributed by atoms with Crippen molar-refractivity contribution in [2.24, 2.45) is 11.1 Å². The summed E-state index contributed by atoms with van der Waals surface area (Å²) in [6.45, 7) is 3.46. The van der Waals surface area contributed by atoms with Gasteiger partial charge in [-0.2, -0.15) is 0 Å². The fourth-order valence-corrected chi connectivity index (χ4v) is 2.82. The molecule has 7 nitrogen and oxygen atoms in total. The summed E-state index contributed by atoms with van der Waals surface area (Å²) in [5.41, 5.74) is 0. The largest absolute Gasteiger partial charge is 0.466 e. The van der Waals surface area contributed by atoms with E-state index in [4.69, 9.17) is 9.88 Å². The first-order valence-electron chi connectivity index (χ1n) is 6.82. The van der Waals surface area contributed by atoms with Gasteiger partial charge in [0, 0.05) is 19.3 Å². The van der Waals surface area contributed by atoms with Crippen molar-refractivity contribution in [3.8, 4) is 0 Å². The zero-order valence-electron chi connectivity index (χ0n) is 11.9. The molecular weight excluding hydrogens is 294 g/mol. The number of esters is 1. The number of anilines is 1. The Kier molecular flexibility index (Phi) is 4.79. The second-order valence-corrected chi connectivity index (χ2v) is 6.50. The Morgan fingerprint density at radius 3 is 2.86 bits per heavy atom. The molecule has 0 bridgehead atoms. The third-order valence-electron chi connectivity index (χ3n) is 3.41. The van der Waals surface area contributed by atoms with E-state index in [0.29, 0.717) is 19.0 Å². The Labute approximate surface area is 124 Å². The number of sulfonamides is 1. The molecular formula is C13H19N3O4S. The van der Waals surface area contributed by atoms with Crippen LogP contribution in [0.1, 0.15) is 19.8 Å². The van der Waals surface area contributed by atoms with Crippen molar-refractivity contribution in [1.29, 1.82) is 0 Å². The van der Waals surface area contributed by atoms with Gasteiger partial charge in [-0.1, -0.05) is 0 Å². The molecule has 116 valence electrons. The molecule has 0 amide bonds. The number of carbonyl (C=O) groups is 1. The summed E-state index contributed by atoms with van der Waals surface area (Å²) < 4.78 is 27.4. The van der Waals surface area contributed by atoms with Crippen LogP contribution in [0.3, 0.4) is 0 Å². The summed E-state index contributed by atoms with van der Waals surface area (Å²) in [6.07, 6.45) is 2.89. The molecule has 1 aliphatic rings. The normalized spacial score (nSPS) is 19.3. The molecule has 1 saturated heterocycles. The molecule has 0 spiro atoms. The fourth-order valence-electron chi connectivity index (χ4n) is 2.37. The second kappa shape index (κ2) is 6.40. The predicted molar refractivity (Wildman–Crippen MR) is 77.2 cm³/mol. The van der Waals surface area contributed by atoms with Crippen molar-refractivity contribution in [2.45, 2.75) is 24.7 Å². The molecule has 1 aliphatic heterocycles. The first-order valence-corrected chi connectivity index (χ1v) is 8.37. The molecule has 1 fully saturated rings. The van der Waals surface area contributed by atoms with Crippen LogP contribution < -0.4 is 10.0 Å². The molecule has 2 heterocycles. The lowest BCUT2D eigenvalue weighted by Gasteiger charge is -2.32. The summed E-state index contributed by atoms with van der Waals surface area (Å²) in [7, 11) is -3.74. The third-order valence-corrected chi connectivity index (χ3v) is 4.31. The number of hydrogen-bond acceptors (Lipinski definition) is 6. The lowest BCUT2D eigenvalue weighted by Crippen LogP contribution is -2.39. The Balaban J connectivity index is 2.09. The maximum Gasteiger partial charge on any atom is 0.310 e. The minimum absolute atomic E-state index is 0.0230. The van der Waals surface area contributed by atoms with Crippen molar-refractivity contribution < 1.29 is 17.9 Å². The predicted octanol–water partition coefficient (Wildman–Crippen LogP) is 0.509. The maximum absolute atomic E-state index is 11.8.